The SMILES string of the molecule is N[C@@H]1CN(Cc2coc(-c3ccccc3)n2)C[C@H]1c1ccccc1. The number of likely N-dealkylation sites (tertiary alicyclic amines) is 1. The minimum Gasteiger partial charge on any atom is -0.444 e. The van der Waals surface area contributed by atoms with E-state index in [-0.39, 0.29) is 6.04 Å². The van der Waals surface area contributed by atoms with Gasteiger partial charge in [0.1, 0.15) is 6.26 Å². The Hall–Kier alpha value is -2.43. The van der Waals surface area contributed by atoms with Crippen LogP contribution in [0.2, 0.25) is 0 Å². The van der Waals surface area contributed by atoms with Gasteiger partial charge >= 0.3 is 0 Å². The third-order valence-electron chi connectivity index (χ3n) is 4.63. The zero-order chi connectivity index (χ0) is 16.4. The van der Waals surface area contributed by atoms with Crippen LogP contribution in [0, 0.1) is 0 Å². The third kappa shape index (κ3) is 3.11. The Balaban J connectivity index is 1.44. The van der Waals surface area contributed by atoms with E-state index in [4.69, 9.17) is 10.2 Å². The van der Waals surface area contributed by atoms with Gasteiger partial charge in [0, 0.05) is 37.2 Å². The number of hydrogen-bond donors (Lipinski definition) is 1. The van der Waals surface area contributed by atoms with Gasteiger partial charge in [-0.05, 0) is 17.7 Å². The molecular weight excluding hydrogens is 298 g/mol. The van der Waals surface area contributed by atoms with Crippen LogP contribution >= 0.6 is 0 Å². The molecule has 0 saturated carbocycles. The van der Waals surface area contributed by atoms with Crippen molar-refractivity contribution in [1.82, 2.24) is 9.88 Å². The monoisotopic (exact) mass is 319 g/mol. The molecule has 2 N–H and O–H groups in total. The van der Waals surface area contributed by atoms with E-state index in [0.29, 0.717) is 11.8 Å². The summed E-state index contributed by atoms with van der Waals surface area (Å²) in [7, 11) is 0. The van der Waals surface area contributed by atoms with Gasteiger partial charge in [-0.15, -0.1) is 0 Å². The number of benzene rings is 2. The molecule has 4 nitrogen and oxygen atoms in total. The van der Waals surface area contributed by atoms with Gasteiger partial charge in [-0.25, -0.2) is 4.98 Å². The Morgan fingerprint density at radius 2 is 1.71 bits per heavy atom. The third-order valence-corrected chi connectivity index (χ3v) is 4.63. The Morgan fingerprint density at radius 1 is 1.00 bits per heavy atom. The molecule has 0 aliphatic carbocycles. The fourth-order valence-electron chi connectivity index (χ4n) is 3.42. The lowest BCUT2D eigenvalue weighted by Crippen LogP contribution is -2.28. The zero-order valence-electron chi connectivity index (χ0n) is 13.5. The Morgan fingerprint density at radius 3 is 2.46 bits per heavy atom. The Kier molecular flexibility index (Phi) is 4.15. The number of nitrogens with zero attached hydrogens (tertiary/aromatic N) is 2. The molecule has 4 rings (SSSR count). The molecule has 2 atom stereocenters. The van der Waals surface area contributed by atoms with E-state index in [1.165, 1.54) is 5.56 Å². The van der Waals surface area contributed by atoms with E-state index in [1.54, 1.807) is 6.26 Å². The largest absolute Gasteiger partial charge is 0.444 e. The highest BCUT2D eigenvalue weighted by molar-refractivity contribution is 5.52. The highest BCUT2D eigenvalue weighted by atomic mass is 16.3. The minimum atomic E-state index is 0.160. The van der Waals surface area contributed by atoms with Crippen molar-refractivity contribution >= 4 is 0 Å². The van der Waals surface area contributed by atoms with Crippen LogP contribution < -0.4 is 5.73 Å². The van der Waals surface area contributed by atoms with Crippen LogP contribution in [0.5, 0.6) is 0 Å². The predicted octanol–water partition coefficient (Wildman–Crippen LogP) is 3.27. The molecule has 3 aromatic rings. The molecule has 1 aliphatic rings. The van der Waals surface area contributed by atoms with Crippen molar-refractivity contribution in [3.05, 3.63) is 78.2 Å². The van der Waals surface area contributed by atoms with Crippen LogP contribution in [0.4, 0.5) is 0 Å². The average molecular weight is 319 g/mol. The number of rotatable bonds is 4. The summed E-state index contributed by atoms with van der Waals surface area (Å²) in [4.78, 5) is 6.97. The summed E-state index contributed by atoms with van der Waals surface area (Å²) in [6, 6.07) is 20.7. The molecule has 2 aromatic carbocycles. The van der Waals surface area contributed by atoms with Gasteiger partial charge < -0.3 is 10.2 Å². The van der Waals surface area contributed by atoms with E-state index in [2.05, 4.69) is 34.1 Å². The van der Waals surface area contributed by atoms with Crippen LogP contribution in [-0.2, 0) is 6.54 Å². The second-order valence-electron chi connectivity index (χ2n) is 6.39. The first kappa shape index (κ1) is 15.1. The Labute approximate surface area is 141 Å². The fourth-order valence-corrected chi connectivity index (χ4v) is 3.42. The lowest BCUT2D eigenvalue weighted by Gasteiger charge is -2.14. The van der Waals surface area contributed by atoms with Gasteiger partial charge in [-0.2, -0.15) is 0 Å². The minimum absolute atomic E-state index is 0.160. The first-order chi connectivity index (χ1) is 11.8. The van der Waals surface area contributed by atoms with Crippen LogP contribution in [0.25, 0.3) is 11.5 Å². The molecule has 1 aromatic heterocycles. The lowest BCUT2D eigenvalue weighted by atomic mass is 9.95. The molecule has 24 heavy (non-hydrogen) atoms. The topological polar surface area (TPSA) is 55.3 Å². The van der Waals surface area contributed by atoms with Crippen molar-refractivity contribution in [2.45, 2.75) is 18.5 Å². The molecule has 2 heterocycles. The van der Waals surface area contributed by atoms with E-state index in [0.717, 1.165) is 30.9 Å². The van der Waals surface area contributed by atoms with Crippen molar-refractivity contribution in [2.24, 2.45) is 5.73 Å². The van der Waals surface area contributed by atoms with Crippen molar-refractivity contribution in [2.75, 3.05) is 13.1 Å². The molecule has 122 valence electrons. The number of oxazole rings is 1. The fraction of sp³-hybridized carbons (Fsp3) is 0.250. The van der Waals surface area contributed by atoms with E-state index in [9.17, 15) is 0 Å². The molecule has 4 heteroatoms. The van der Waals surface area contributed by atoms with Gasteiger partial charge in [-0.3, -0.25) is 4.90 Å². The quantitative estimate of drug-likeness (QED) is 0.802. The molecule has 1 fully saturated rings. The van der Waals surface area contributed by atoms with Gasteiger partial charge in [0.25, 0.3) is 0 Å². The predicted molar refractivity (Wildman–Crippen MR) is 94.4 cm³/mol. The number of hydrogen-bond acceptors (Lipinski definition) is 4. The maximum Gasteiger partial charge on any atom is 0.226 e. The normalized spacial score (nSPS) is 21.2. The summed E-state index contributed by atoms with van der Waals surface area (Å²) in [5.74, 6) is 1.06. The Bertz CT molecular complexity index is 785. The molecule has 0 unspecified atom stereocenters. The first-order valence-corrected chi connectivity index (χ1v) is 8.32. The second kappa shape index (κ2) is 6.59. The van der Waals surface area contributed by atoms with Crippen molar-refractivity contribution in [3.63, 3.8) is 0 Å². The molecule has 0 radical (unpaired) electrons. The van der Waals surface area contributed by atoms with Gasteiger partial charge in [-0.1, -0.05) is 48.5 Å². The maximum absolute atomic E-state index is 6.37. The average Bonchev–Trinajstić information content (AvgIpc) is 3.23. The highest BCUT2D eigenvalue weighted by Gasteiger charge is 2.31. The van der Waals surface area contributed by atoms with Gasteiger partial charge in [0.2, 0.25) is 5.89 Å². The highest BCUT2D eigenvalue weighted by Crippen LogP contribution is 2.27. The zero-order valence-corrected chi connectivity index (χ0v) is 13.5. The summed E-state index contributed by atoms with van der Waals surface area (Å²) in [6.45, 7) is 2.61. The molecule has 1 saturated heterocycles. The van der Waals surface area contributed by atoms with E-state index in [1.807, 2.05) is 36.4 Å². The summed E-state index contributed by atoms with van der Waals surface area (Å²) < 4.78 is 5.63. The smallest absolute Gasteiger partial charge is 0.226 e. The summed E-state index contributed by atoms with van der Waals surface area (Å²) in [5.41, 5.74) is 9.64. The number of aromatic nitrogens is 1. The molecule has 0 bridgehead atoms. The summed E-state index contributed by atoms with van der Waals surface area (Å²) >= 11 is 0. The second-order valence-corrected chi connectivity index (χ2v) is 6.39. The molecular formula is C20H21N3O. The van der Waals surface area contributed by atoms with Crippen molar-refractivity contribution in [1.29, 1.82) is 0 Å². The van der Waals surface area contributed by atoms with Crippen LogP contribution in [0.1, 0.15) is 17.2 Å². The number of nitrogens with two attached hydrogens (primary N) is 1. The van der Waals surface area contributed by atoms with Crippen molar-refractivity contribution in [3.8, 4) is 11.5 Å². The van der Waals surface area contributed by atoms with Crippen molar-refractivity contribution < 1.29 is 4.42 Å². The molecule has 0 amide bonds. The van der Waals surface area contributed by atoms with Crippen LogP contribution in [-0.4, -0.2) is 29.0 Å². The van der Waals surface area contributed by atoms with Crippen LogP contribution in [0.3, 0.4) is 0 Å². The van der Waals surface area contributed by atoms with Crippen LogP contribution in [0.15, 0.2) is 71.3 Å². The lowest BCUT2D eigenvalue weighted by molar-refractivity contribution is 0.319. The van der Waals surface area contributed by atoms with Gasteiger partial charge in [0.15, 0.2) is 0 Å². The van der Waals surface area contributed by atoms with E-state index < -0.39 is 0 Å². The standard InChI is InChI=1S/C20H21N3O/c21-19-13-23(12-18(19)15-7-3-1-4-8-15)11-17-14-24-20(22-17)16-9-5-2-6-10-16/h1-10,14,18-19H,11-13,21H2/t18-,19+/m0/s1. The first-order valence-electron chi connectivity index (χ1n) is 8.32. The summed E-state index contributed by atoms with van der Waals surface area (Å²) in [5, 5.41) is 0. The summed E-state index contributed by atoms with van der Waals surface area (Å²) in [6.07, 6.45) is 1.75. The van der Waals surface area contributed by atoms with E-state index >= 15 is 0 Å². The molecule has 0 spiro atoms. The van der Waals surface area contributed by atoms with Gasteiger partial charge in [0.05, 0.1) is 5.69 Å². The molecule has 1 aliphatic heterocycles. The maximum atomic E-state index is 6.37.